The van der Waals surface area contributed by atoms with E-state index in [9.17, 15) is 0 Å². The van der Waals surface area contributed by atoms with Gasteiger partial charge in [0.15, 0.2) is 5.11 Å². The average Bonchev–Trinajstić information content (AvgIpc) is 3.37. The van der Waals surface area contributed by atoms with Crippen molar-refractivity contribution in [2.75, 3.05) is 7.11 Å². The Labute approximate surface area is 210 Å². The number of nitrogens with one attached hydrogen (secondary N) is 1. The first kappa shape index (κ1) is 22.8. The first-order chi connectivity index (χ1) is 17.0. The largest absolute Gasteiger partial charge is 0.497 e. The highest BCUT2D eigenvalue weighted by molar-refractivity contribution is 7.80. The van der Waals surface area contributed by atoms with Gasteiger partial charge in [0.25, 0.3) is 5.89 Å². The van der Waals surface area contributed by atoms with Crippen LogP contribution in [0.3, 0.4) is 0 Å². The van der Waals surface area contributed by atoms with Gasteiger partial charge in [-0.25, -0.2) is 0 Å². The molecule has 0 saturated heterocycles. The number of ether oxygens (including phenoxy) is 1. The molecule has 0 spiro atoms. The summed E-state index contributed by atoms with van der Waals surface area (Å²) in [5, 5.41) is 8.47. The molecule has 6 nitrogen and oxygen atoms in total. The molecule has 1 unspecified atom stereocenters. The summed E-state index contributed by atoms with van der Waals surface area (Å²) in [6.45, 7) is 4.82. The lowest BCUT2D eigenvalue weighted by molar-refractivity contribution is 0.396. The van der Waals surface area contributed by atoms with Crippen molar-refractivity contribution in [3.05, 3.63) is 107 Å². The molecule has 0 saturated carbocycles. The summed E-state index contributed by atoms with van der Waals surface area (Å²) in [5.74, 6) is 1.70. The van der Waals surface area contributed by atoms with Crippen LogP contribution in [0.25, 0.3) is 17.0 Å². The quantitative estimate of drug-likeness (QED) is 0.343. The van der Waals surface area contributed by atoms with E-state index < -0.39 is 0 Å². The monoisotopic (exact) mass is 482 g/mol. The van der Waals surface area contributed by atoms with Crippen LogP contribution in [0.5, 0.6) is 5.75 Å². The number of aromatic nitrogens is 2. The molecule has 0 bridgehead atoms. The third-order valence-corrected chi connectivity index (χ3v) is 6.64. The fourth-order valence-corrected chi connectivity index (χ4v) is 4.63. The van der Waals surface area contributed by atoms with Crippen LogP contribution in [-0.2, 0) is 6.54 Å². The standard InChI is InChI=1S/C28H26N4O2S/c1-18-10-7-8-13-22(18)17-32-19(2)24(25(29-28(32)35)20-11-5-4-6-12-20)27-30-26(31-34-27)21-14-9-15-23(16-21)33-3/h4-16,25H,17H2,1-3H3,(H,29,35). The lowest BCUT2D eigenvalue weighted by atomic mass is 9.94. The normalized spacial score (nSPS) is 15.8. The zero-order valence-electron chi connectivity index (χ0n) is 19.9. The molecule has 0 radical (unpaired) electrons. The van der Waals surface area contributed by atoms with E-state index in [0.717, 1.165) is 28.1 Å². The average molecular weight is 483 g/mol. The maximum Gasteiger partial charge on any atom is 0.258 e. The summed E-state index contributed by atoms with van der Waals surface area (Å²) in [6, 6.07) is 25.9. The Bertz CT molecular complexity index is 1400. The van der Waals surface area contributed by atoms with E-state index in [4.69, 9.17) is 26.5 Å². The van der Waals surface area contributed by atoms with E-state index in [1.165, 1.54) is 11.1 Å². The maximum atomic E-state index is 5.84. The van der Waals surface area contributed by atoms with Crippen LogP contribution >= 0.6 is 12.2 Å². The van der Waals surface area contributed by atoms with E-state index in [0.29, 0.717) is 23.4 Å². The van der Waals surface area contributed by atoms with Gasteiger partial charge in [-0.1, -0.05) is 71.9 Å². The van der Waals surface area contributed by atoms with Gasteiger partial charge >= 0.3 is 0 Å². The number of methoxy groups -OCH3 is 1. The predicted molar refractivity (Wildman–Crippen MR) is 141 cm³/mol. The third kappa shape index (κ3) is 4.55. The fourth-order valence-electron chi connectivity index (χ4n) is 4.31. The van der Waals surface area contributed by atoms with E-state index >= 15 is 0 Å². The Morgan fingerprint density at radius 2 is 1.77 bits per heavy atom. The van der Waals surface area contributed by atoms with E-state index in [-0.39, 0.29) is 6.04 Å². The second-order valence-electron chi connectivity index (χ2n) is 8.46. The van der Waals surface area contributed by atoms with Gasteiger partial charge in [0.05, 0.1) is 25.3 Å². The Kier molecular flexibility index (Phi) is 6.33. The molecule has 176 valence electrons. The molecule has 1 aliphatic heterocycles. The summed E-state index contributed by atoms with van der Waals surface area (Å²) in [4.78, 5) is 6.89. The van der Waals surface area contributed by atoms with Crippen LogP contribution in [0.4, 0.5) is 0 Å². The minimum absolute atomic E-state index is 0.213. The van der Waals surface area contributed by atoms with E-state index in [1.807, 2.05) is 54.6 Å². The molecule has 2 heterocycles. The van der Waals surface area contributed by atoms with Crippen molar-refractivity contribution in [2.24, 2.45) is 0 Å². The van der Waals surface area contributed by atoms with E-state index in [1.54, 1.807) is 7.11 Å². The van der Waals surface area contributed by atoms with Gasteiger partial charge < -0.3 is 19.5 Å². The molecule has 5 rings (SSSR count). The maximum absolute atomic E-state index is 5.84. The number of nitrogens with zero attached hydrogens (tertiary/aromatic N) is 3. The molecular weight excluding hydrogens is 456 g/mol. The lowest BCUT2D eigenvalue weighted by Crippen LogP contribution is -2.45. The van der Waals surface area contributed by atoms with Gasteiger partial charge in [-0.15, -0.1) is 0 Å². The van der Waals surface area contributed by atoms with Crippen molar-refractivity contribution in [2.45, 2.75) is 26.4 Å². The summed E-state index contributed by atoms with van der Waals surface area (Å²) in [7, 11) is 1.64. The topological polar surface area (TPSA) is 63.4 Å². The van der Waals surface area contributed by atoms with Crippen molar-refractivity contribution in [1.29, 1.82) is 0 Å². The smallest absolute Gasteiger partial charge is 0.258 e. The second kappa shape index (κ2) is 9.72. The fraction of sp³-hybridized carbons (Fsp3) is 0.179. The highest BCUT2D eigenvalue weighted by Crippen LogP contribution is 2.38. The number of thiocarbonyl (C=S) groups is 1. The highest BCUT2D eigenvalue weighted by Gasteiger charge is 2.34. The second-order valence-corrected chi connectivity index (χ2v) is 8.85. The summed E-state index contributed by atoms with van der Waals surface area (Å²) in [5.41, 5.74) is 6.20. The molecule has 0 aliphatic carbocycles. The van der Waals surface area contributed by atoms with Crippen LogP contribution in [0, 0.1) is 6.92 Å². The Hall–Kier alpha value is -3.97. The molecule has 1 aromatic heterocycles. The number of aryl methyl sites for hydroxylation is 1. The molecule has 3 aromatic carbocycles. The van der Waals surface area contributed by atoms with Crippen LogP contribution in [0.1, 0.15) is 35.5 Å². The highest BCUT2D eigenvalue weighted by atomic mass is 32.1. The van der Waals surface area contributed by atoms with Gasteiger partial charge in [0, 0.05) is 11.3 Å². The molecular formula is C28H26N4O2S. The number of allylic oxidation sites excluding steroid dienone is 1. The number of hydrogen-bond donors (Lipinski definition) is 1. The van der Waals surface area contributed by atoms with Crippen LogP contribution < -0.4 is 10.1 Å². The van der Waals surface area contributed by atoms with E-state index in [2.05, 4.69) is 53.5 Å². The Morgan fingerprint density at radius 1 is 1.00 bits per heavy atom. The van der Waals surface area contributed by atoms with Crippen molar-refractivity contribution >= 4 is 22.9 Å². The van der Waals surface area contributed by atoms with Crippen molar-refractivity contribution in [1.82, 2.24) is 20.4 Å². The van der Waals surface area contributed by atoms with Crippen molar-refractivity contribution in [3.63, 3.8) is 0 Å². The summed E-state index contributed by atoms with van der Waals surface area (Å²) < 4.78 is 11.2. The molecule has 1 aliphatic rings. The molecule has 0 fully saturated rings. The van der Waals surface area contributed by atoms with Gasteiger partial charge in [-0.05, 0) is 54.9 Å². The third-order valence-electron chi connectivity index (χ3n) is 6.30. The van der Waals surface area contributed by atoms with Gasteiger partial charge in [-0.2, -0.15) is 4.98 Å². The molecule has 1 atom stereocenters. The van der Waals surface area contributed by atoms with Crippen molar-refractivity contribution in [3.8, 4) is 17.1 Å². The SMILES string of the molecule is COc1cccc(-c2noc(C3=C(C)N(Cc4ccccc4C)C(=S)NC3c3ccccc3)n2)c1. The summed E-state index contributed by atoms with van der Waals surface area (Å²) in [6.07, 6.45) is 0. The summed E-state index contributed by atoms with van der Waals surface area (Å²) >= 11 is 5.84. The molecule has 1 N–H and O–H groups in total. The Balaban J connectivity index is 1.60. The molecule has 35 heavy (non-hydrogen) atoms. The van der Waals surface area contributed by atoms with Crippen LogP contribution in [-0.4, -0.2) is 27.3 Å². The van der Waals surface area contributed by atoms with Crippen LogP contribution in [0.2, 0.25) is 0 Å². The first-order valence-corrected chi connectivity index (χ1v) is 11.8. The molecule has 4 aromatic rings. The van der Waals surface area contributed by atoms with Gasteiger partial charge in [-0.3, -0.25) is 0 Å². The van der Waals surface area contributed by atoms with Gasteiger partial charge in [0.1, 0.15) is 5.75 Å². The zero-order valence-corrected chi connectivity index (χ0v) is 20.7. The lowest BCUT2D eigenvalue weighted by Gasteiger charge is -2.37. The number of hydrogen-bond acceptors (Lipinski definition) is 5. The van der Waals surface area contributed by atoms with Crippen molar-refractivity contribution < 1.29 is 9.26 Å². The number of rotatable bonds is 6. The van der Waals surface area contributed by atoms with Gasteiger partial charge in [0.2, 0.25) is 5.82 Å². The minimum atomic E-state index is -0.213. The number of benzene rings is 3. The zero-order chi connectivity index (χ0) is 24.4. The molecule has 0 amide bonds. The molecule has 7 heteroatoms. The predicted octanol–water partition coefficient (Wildman–Crippen LogP) is 5.92. The minimum Gasteiger partial charge on any atom is -0.497 e. The van der Waals surface area contributed by atoms with Crippen LogP contribution in [0.15, 0.2) is 89.1 Å². The first-order valence-electron chi connectivity index (χ1n) is 11.4. The Morgan fingerprint density at radius 3 is 2.54 bits per heavy atom.